The van der Waals surface area contributed by atoms with Crippen LogP contribution in [0, 0.1) is 5.92 Å². The normalized spacial score (nSPS) is 17.3. The summed E-state index contributed by atoms with van der Waals surface area (Å²) in [4.78, 5) is 34.8. The van der Waals surface area contributed by atoms with Crippen LogP contribution in [0.15, 0.2) is 0 Å². The van der Waals surface area contributed by atoms with E-state index in [0.717, 1.165) is 25.7 Å². The summed E-state index contributed by atoms with van der Waals surface area (Å²) in [6.45, 7) is 5.43. The zero-order valence-corrected chi connectivity index (χ0v) is 14.5. The molecule has 0 bridgehead atoms. The fraction of sp³-hybridized carbons (Fsp3) is 0.824. The van der Waals surface area contributed by atoms with Crippen LogP contribution in [0.1, 0.15) is 72.1 Å². The van der Waals surface area contributed by atoms with E-state index in [-0.39, 0.29) is 36.6 Å². The van der Waals surface area contributed by atoms with Gasteiger partial charge in [0.15, 0.2) is 0 Å². The molecule has 1 aliphatic rings. The van der Waals surface area contributed by atoms with Gasteiger partial charge in [0.1, 0.15) is 0 Å². The number of carbonyl (C=O) groups excluding carboxylic acids is 2. The lowest BCUT2D eigenvalue weighted by molar-refractivity contribution is -0.138. The number of carboxylic acids is 1. The number of nitrogens with one attached hydrogen (secondary N) is 2. The van der Waals surface area contributed by atoms with E-state index in [0.29, 0.717) is 6.42 Å². The minimum absolute atomic E-state index is 0.0151. The summed E-state index contributed by atoms with van der Waals surface area (Å²) in [5, 5.41) is 14.5. The van der Waals surface area contributed by atoms with Crippen LogP contribution in [0.2, 0.25) is 0 Å². The van der Waals surface area contributed by atoms with Crippen LogP contribution in [0.25, 0.3) is 0 Å². The van der Waals surface area contributed by atoms with Crippen molar-refractivity contribution in [3.63, 3.8) is 0 Å². The molecule has 1 rings (SSSR count). The summed E-state index contributed by atoms with van der Waals surface area (Å²) in [5.74, 6) is -0.909. The topological polar surface area (TPSA) is 95.5 Å². The summed E-state index contributed by atoms with van der Waals surface area (Å²) < 4.78 is 0. The number of hydrogen-bond acceptors (Lipinski definition) is 3. The first kappa shape index (κ1) is 19.5. The molecule has 0 aromatic rings. The lowest BCUT2D eigenvalue weighted by atomic mass is 9.88. The Labute approximate surface area is 138 Å². The smallest absolute Gasteiger partial charge is 0.303 e. The van der Waals surface area contributed by atoms with E-state index in [1.807, 2.05) is 6.92 Å². The second-order valence-electron chi connectivity index (χ2n) is 7.27. The minimum Gasteiger partial charge on any atom is -0.481 e. The number of carbonyl (C=O) groups is 3. The molecule has 2 amide bonds. The second-order valence-corrected chi connectivity index (χ2v) is 7.27. The summed E-state index contributed by atoms with van der Waals surface area (Å²) in [6.07, 6.45) is 5.87. The predicted octanol–water partition coefficient (Wildman–Crippen LogP) is 2.22. The van der Waals surface area contributed by atoms with Crippen molar-refractivity contribution in [3.8, 4) is 0 Å². The Morgan fingerprint density at radius 1 is 1.17 bits per heavy atom. The van der Waals surface area contributed by atoms with Gasteiger partial charge in [-0.05, 0) is 40.0 Å². The van der Waals surface area contributed by atoms with Gasteiger partial charge in [-0.2, -0.15) is 0 Å². The van der Waals surface area contributed by atoms with Crippen molar-refractivity contribution >= 4 is 17.8 Å². The van der Waals surface area contributed by atoms with E-state index in [2.05, 4.69) is 10.6 Å². The standard InChI is InChI=1S/C17H30N2O4/c1-12(18-16(23)13-7-5-4-6-8-13)11-14(20)19-17(2,3)10-9-15(21)22/h12-13H,4-11H2,1-3H3,(H,18,23)(H,19,20)(H,21,22). The Balaban J connectivity index is 2.34. The van der Waals surface area contributed by atoms with Gasteiger partial charge < -0.3 is 15.7 Å². The lowest BCUT2D eigenvalue weighted by Crippen LogP contribution is -2.47. The average Bonchev–Trinajstić information content (AvgIpc) is 2.45. The lowest BCUT2D eigenvalue weighted by Gasteiger charge is -2.27. The van der Waals surface area contributed by atoms with Gasteiger partial charge in [0.2, 0.25) is 11.8 Å². The van der Waals surface area contributed by atoms with Gasteiger partial charge in [0.25, 0.3) is 0 Å². The van der Waals surface area contributed by atoms with Gasteiger partial charge in [-0.15, -0.1) is 0 Å². The third-order valence-electron chi connectivity index (χ3n) is 4.30. The molecule has 0 radical (unpaired) electrons. The largest absolute Gasteiger partial charge is 0.481 e. The van der Waals surface area contributed by atoms with Gasteiger partial charge in [0.05, 0.1) is 0 Å². The van der Waals surface area contributed by atoms with Crippen molar-refractivity contribution in [2.75, 3.05) is 0 Å². The molecule has 0 aromatic carbocycles. The van der Waals surface area contributed by atoms with E-state index in [9.17, 15) is 14.4 Å². The van der Waals surface area contributed by atoms with Crippen molar-refractivity contribution in [1.82, 2.24) is 10.6 Å². The molecule has 1 unspecified atom stereocenters. The number of aliphatic carboxylic acids is 1. The molecule has 1 saturated carbocycles. The van der Waals surface area contributed by atoms with Gasteiger partial charge >= 0.3 is 5.97 Å². The van der Waals surface area contributed by atoms with E-state index in [1.165, 1.54) is 6.42 Å². The molecule has 1 fully saturated rings. The molecule has 6 nitrogen and oxygen atoms in total. The predicted molar refractivity (Wildman–Crippen MR) is 87.9 cm³/mol. The van der Waals surface area contributed by atoms with Crippen LogP contribution in [-0.2, 0) is 14.4 Å². The van der Waals surface area contributed by atoms with Crippen LogP contribution < -0.4 is 10.6 Å². The molecule has 0 heterocycles. The summed E-state index contributed by atoms with van der Waals surface area (Å²) in [6, 6.07) is -0.222. The zero-order chi connectivity index (χ0) is 17.5. The maximum Gasteiger partial charge on any atom is 0.303 e. The molecular formula is C17H30N2O4. The third kappa shape index (κ3) is 8.00. The molecule has 1 atom stereocenters. The maximum absolute atomic E-state index is 12.1. The Morgan fingerprint density at radius 3 is 2.35 bits per heavy atom. The van der Waals surface area contributed by atoms with Gasteiger partial charge in [-0.3, -0.25) is 14.4 Å². The highest BCUT2D eigenvalue weighted by Gasteiger charge is 2.25. The van der Waals surface area contributed by atoms with Crippen LogP contribution in [0.5, 0.6) is 0 Å². The Bertz CT molecular complexity index is 428. The molecule has 23 heavy (non-hydrogen) atoms. The SMILES string of the molecule is CC(CC(=O)NC(C)(C)CCC(=O)O)NC(=O)C1CCCCC1. The van der Waals surface area contributed by atoms with Crippen LogP contribution in [-0.4, -0.2) is 34.5 Å². The molecule has 6 heteroatoms. The van der Waals surface area contributed by atoms with Crippen molar-refractivity contribution < 1.29 is 19.5 Å². The molecule has 0 saturated heterocycles. The van der Waals surface area contributed by atoms with Gasteiger partial charge in [-0.1, -0.05) is 19.3 Å². The number of rotatable bonds is 8. The minimum atomic E-state index is -0.875. The molecule has 0 aromatic heterocycles. The number of hydrogen-bond donors (Lipinski definition) is 3. The maximum atomic E-state index is 12.1. The zero-order valence-electron chi connectivity index (χ0n) is 14.5. The highest BCUT2D eigenvalue weighted by molar-refractivity contribution is 5.81. The third-order valence-corrected chi connectivity index (χ3v) is 4.30. The van der Waals surface area contributed by atoms with E-state index in [4.69, 9.17) is 5.11 Å². The Hall–Kier alpha value is -1.59. The summed E-state index contributed by atoms with van der Waals surface area (Å²) in [7, 11) is 0. The number of carboxylic acid groups (broad SMARTS) is 1. The Kier molecular flexibility index (Phi) is 7.52. The van der Waals surface area contributed by atoms with Crippen LogP contribution in [0.3, 0.4) is 0 Å². The molecule has 1 aliphatic carbocycles. The molecule has 3 N–H and O–H groups in total. The summed E-state index contributed by atoms with van der Waals surface area (Å²) in [5.41, 5.74) is -0.567. The Morgan fingerprint density at radius 2 is 1.78 bits per heavy atom. The van der Waals surface area contributed by atoms with Crippen LogP contribution >= 0.6 is 0 Å². The second kappa shape index (κ2) is 8.89. The van der Waals surface area contributed by atoms with Crippen molar-refractivity contribution in [3.05, 3.63) is 0 Å². The summed E-state index contributed by atoms with van der Waals surface area (Å²) >= 11 is 0. The molecule has 0 aliphatic heterocycles. The number of amides is 2. The van der Waals surface area contributed by atoms with E-state index < -0.39 is 11.5 Å². The first-order chi connectivity index (χ1) is 10.7. The fourth-order valence-electron chi connectivity index (χ4n) is 2.96. The monoisotopic (exact) mass is 326 g/mol. The fourth-order valence-corrected chi connectivity index (χ4v) is 2.96. The quantitative estimate of drug-likeness (QED) is 0.637. The van der Waals surface area contributed by atoms with Gasteiger partial charge in [-0.25, -0.2) is 0 Å². The first-order valence-electron chi connectivity index (χ1n) is 8.53. The van der Waals surface area contributed by atoms with Crippen LogP contribution in [0.4, 0.5) is 0 Å². The molecule has 132 valence electrons. The van der Waals surface area contributed by atoms with Crippen molar-refractivity contribution in [2.45, 2.75) is 83.7 Å². The highest BCUT2D eigenvalue weighted by atomic mass is 16.4. The van der Waals surface area contributed by atoms with Crippen molar-refractivity contribution in [2.24, 2.45) is 5.92 Å². The molecular weight excluding hydrogens is 296 g/mol. The highest BCUT2D eigenvalue weighted by Crippen LogP contribution is 2.23. The van der Waals surface area contributed by atoms with E-state index in [1.54, 1.807) is 13.8 Å². The molecule has 0 spiro atoms. The first-order valence-corrected chi connectivity index (χ1v) is 8.53. The average molecular weight is 326 g/mol. The van der Waals surface area contributed by atoms with Gasteiger partial charge in [0, 0.05) is 30.3 Å². The van der Waals surface area contributed by atoms with E-state index >= 15 is 0 Å². The van der Waals surface area contributed by atoms with Crippen molar-refractivity contribution in [1.29, 1.82) is 0 Å².